The van der Waals surface area contributed by atoms with E-state index in [0.29, 0.717) is 6.42 Å². The Morgan fingerprint density at radius 2 is 2.20 bits per heavy atom. The highest BCUT2D eigenvalue weighted by Gasteiger charge is 2.62. The molecule has 0 aromatic heterocycles. The maximum absolute atomic E-state index is 12.2. The molecule has 1 fully saturated rings. The Kier molecular flexibility index (Phi) is 3.01. The molecule has 0 spiro atoms. The molecule has 1 heterocycles. The second-order valence-electron chi connectivity index (χ2n) is 5.32. The van der Waals surface area contributed by atoms with Crippen LogP contribution in [0, 0.1) is 11.8 Å². The van der Waals surface area contributed by atoms with Crippen LogP contribution in [0.4, 0.5) is 5.69 Å². The van der Waals surface area contributed by atoms with E-state index >= 15 is 0 Å². The van der Waals surface area contributed by atoms with E-state index in [1.165, 1.54) is 6.92 Å². The average molecular weight is 275 g/mol. The smallest absolute Gasteiger partial charge is 0.302 e. The highest BCUT2D eigenvalue weighted by molar-refractivity contribution is 5.98. The first-order valence-electron chi connectivity index (χ1n) is 6.68. The predicted octanol–water partition coefficient (Wildman–Crippen LogP) is 1.68. The number of para-hydroxylation sites is 1. The van der Waals surface area contributed by atoms with Gasteiger partial charge in [0.05, 0.1) is 12.5 Å². The maximum Gasteiger partial charge on any atom is 0.302 e. The molecule has 1 aromatic rings. The van der Waals surface area contributed by atoms with Gasteiger partial charge in [-0.15, -0.1) is 0 Å². The molecule has 0 saturated heterocycles. The molecular weight excluding hydrogens is 258 g/mol. The standard InChI is InChI=1S/C15H17NO4/c1-9(17)20-8-10-7-12-14(18)16-13-6-4-3-5-11(13)15(10,12)19-2/h3-6,10,12H,7-8H2,1-2H3,(H,16,18)/t10-,12-,15-/m0/s1. The summed E-state index contributed by atoms with van der Waals surface area (Å²) < 4.78 is 10.9. The van der Waals surface area contributed by atoms with Crippen LogP contribution in [0.1, 0.15) is 18.9 Å². The van der Waals surface area contributed by atoms with E-state index in [4.69, 9.17) is 9.47 Å². The van der Waals surface area contributed by atoms with E-state index in [-0.39, 0.29) is 30.3 Å². The van der Waals surface area contributed by atoms with Crippen molar-refractivity contribution in [1.82, 2.24) is 0 Å². The van der Waals surface area contributed by atoms with Crippen LogP contribution in [0.25, 0.3) is 0 Å². The van der Waals surface area contributed by atoms with Gasteiger partial charge in [0.25, 0.3) is 0 Å². The van der Waals surface area contributed by atoms with Crippen molar-refractivity contribution in [2.24, 2.45) is 11.8 Å². The summed E-state index contributed by atoms with van der Waals surface area (Å²) in [5.41, 5.74) is 1.08. The quantitative estimate of drug-likeness (QED) is 0.852. The van der Waals surface area contributed by atoms with Crippen LogP contribution in [-0.2, 0) is 24.7 Å². The van der Waals surface area contributed by atoms with Crippen molar-refractivity contribution < 1.29 is 19.1 Å². The highest BCUT2D eigenvalue weighted by Crippen LogP contribution is 2.58. The second-order valence-corrected chi connectivity index (χ2v) is 5.32. The van der Waals surface area contributed by atoms with Gasteiger partial charge in [0.1, 0.15) is 5.60 Å². The van der Waals surface area contributed by atoms with Gasteiger partial charge in [-0.25, -0.2) is 0 Å². The monoisotopic (exact) mass is 275 g/mol. The molecule has 5 nitrogen and oxygen atoms in total. The van der Waals surface area contributed by atoms with E-state index in [1.54, 1.807) is 7.11 Å². The number of ether oxygens (including phenoxy) is 2. The van der Waals surface area contributed by atoms with Crippen LogP contribution in [0.5, 0.6) is 0 Å². The molecule has 3 rings (SSSR count). The number of rotatable bonds is 3. The minimum absolute atomic E-state index is 0.00796. The Morgan fingerprint density at radius 1 is 1.45 bits per heavy atom. The zero-order chi connectivity index (χ0) is 14.3. The highest BCUT2D eigenvalue weighted by atomic mass is 16.5. The first-order chi connectivity index (χ1) is 9.59. The number of benzene rings is 1. The number of methoxy groups -OCH3 is 1. The van der Waals surface area contributed by atoms with Crippen LogP contribution in [0.2, 0.25) is 0 Å². The summed E-state index contributed by atoms with van der Waals surface area (Å²) in [6.45, 7) is 1.67. The molecule has 0 bridgehead atoms. The van der Waals surface area contributed by atoms with E-state index < -0.39 is 5.60 Å². The molecule has 1 aliphatic carbocycles. The topological polar surface area (TPSA) is 64.6 Å². The minimum Gasteiger partial charge on any atom is -0.465 e. The zero-order valence-corrected chi connectivity index (χ0v) is 11.5. The Hall–Kier alpha value is -1.88. The van der Waals surface area contributed by atoms with Crippen molar-refractivity contribution in [2.45, 2.75) is 18.9 Å². The number of hydrogen-bond donors (Lipinski definition) is 1. The minimum atomic E-state index is -0.672. The number of fused-ring (bicyclic) bond motifs is 3. The molecular formula is C15H17NO4. The van der Waals surface area contributed by atoms with Crippen molar-refractivity contribution in [2.75, 3.05) is 19.0 Å². The Labute approximate surface area is 117 Å². The molecule has 106 valence electrons. The second kappa shape index (κ2) is 4.59. The summed E-state index contributed by atoms with van der Waals surface area (Å²) in [7, 11) is 1.61. The Balaban J connectivity index is 1.98. The lowest BCUT2D eigenvalue weighted by Crippen LogP contribution is -2.62. The fourth-order valence-electron chi connectivity index (χ4n) is 3.45. The third-order valence-electron chi connectivity index (χ3n) is 4.39. The maximum atomic E-state index is 12.2. The van der Waals surface area contributed by atoms with Gasteiger partial charge in [-0.2, -0.15) is 0 Å². The summed E-state index contributed by atoms with van der Waals surface area (Å²) in [4.78, 5) is 23.2. The normalized spacial score (nSPS) is 30.6. The van der Waals surface area contributed by atoms with Crippen LogP contribution >= 0.6 is 0 Å². The van der Waals surface area contributed by atoms with E-state index in [0.717, 1.165) is 11.3 Å². The Bertz CT molecular complexity index is 571. The number of carbonyl (C=O) groups excluding carboxylic acids is 2. The molecule has 5 heteroatoms. The summed E-state index contributed by atoms with van der Waals surface area (Å²) >= 11 is 0. The molecule has 0 unspecified atom stereocenters. The van der Waals surface area contributed by atoms with Gasteiger partial charge < -0.3 is 14.8 Å². The molecule has 3 atom stereocenters. The van der Waals surface area contributed by atoms with Gasteiger partial charge in [0.15, 0.2) is 0 Å². The lowest BCUT2D eigenvalue weighted by Gasteiger charge is -2.56. The van der Waals surface area contributed by atoms with Crippen molar-refractivity contribution >= 4 is 17.6 Å². The summed E-state index contributed by atoms with van der Waals surface area (Å²) in [6.07, 6.45) is 0.668. The zero-order valence-electron chi connectivity index (χ0n) is 11.5. The number of hydrogen-bond acceptors (Lipinski definition) is 4. The first-order valence-corrected chi connectivity index (χ1v) is 6.68. The molecule has 20 heavy (non-hydrogen) atoms. The van der Waals surface area contributed by atoms with Crippen molar-refractivity contribution in [1.29, 1.82) is 0 Å². The average Bonchev–Trinajstić information content (AvgIpc) is 2.39. The summed E-state index contributed by atoms with van der Waals surface area (Å²) in [5, 5.41) is 2.91. The Morgan fingerprint density at radius 3 is 2.90 bits per heavy atom. The largest absolute Gasteiger partial charge is 0.465 e. The number of anilines is 1. The molecule has 0 radical (unpaired) electrons. The van der Waals surface area contributed by atoms with Gasteiger partial charge >= 0.3 is 5.97 Å². The molecule has 1 amide bonds. The van der Waals surface area contributed by atoms with Crippen LogP contribution < -0.4 is 5.32 Å². The van der Waals surface area contributed by atoms with Crippen LogP contribution in [-0.4, -0.2) is 25.6 Å². The van der Waals surface area contributed by atoms with Crippen LogP contribution in [0.15, 0.2) is 24.3 Å². The van der Waals surface area contributed by atoms with E-state index in [1.807, 2.05) is 24.3 Å². The van der Waals surface area contributed by atoms with Gasteiger partial charge in [0, 0.05) is 31.2 Å². The number of esters is 1. The lowest BCUT2D eigenvalue weighted by molar-refractivity contribution is -0.202. The van der Waals surface area contributed by atoms with Crippen molar-refractivity contribution in [3.8, 4) is 0 Å². The van der Waals surface area contributed by atoms with Gasteiger partial charge in [-0.1, -0.05) is 18.2 Å². The van der Waals surface area contributed by atoms with Crippen molar-refractivity contribution in [3.05, 3.63) is 29.8 Å². The fraction of sp³-hybridized carbons (Fsp3) is 0.467. The van der Waals surface area contributed by atoms with Crippen LogP contribution in [0.3, 0.4) is 0 Å². The number of nitrogens with one attached hydrogen (secondary N) is 1. The van der Waals surface area contributed by atoms with E-state index in [9.17, 15) is 9.59 Å². The summed E-state index contributed by atoms with van der Waals surface area (Å²) in [5.74, 6) is -0.547. The number of amides is 1. The molecule has 1 saturated carbocycles. The third kappa shape index (κ3) is 1.66. The van der Waals surface area contributed by atoms with Gasteiger partial charge in [-0.3, -0.25) is 9.59 Å². The molecule has 2 aliphatic rings. The van der Waals surface area contributed by atoms with Crippen molar-refractivity contribution in [3.63, 3.8) is 0 Å². The molecule has 1 aromatic carbocycles. The fourth-order valence-corrected chi connectivity index (χ4v) is 3.45. The van der Waals surface area contributed by atoms with Gasteiger partial charge in [0.2, 0.25) is 5.91 Å². The molecule has 1 aliphatic heterocycles. The summed E-state index contributed by atoms with van der Waals surface area (Å²) in [6, 6.07) is 7.63. The number of carbonyl (C=O) groups is 2. The first kappa shape index (κ1) is 13.1. The third-order valence-corrected chi connectivity index (χ3v) is 4.39. The SMILES string of the molecule is CO[C@@]12c3ccccc3NC(=O)[C@@H]1C[C@H]2COC(C)=O. The molecule has 1 N–H and O–H groups in total. The predicted molar refractivity (Wildman–Crippen MR) is 72.0 cm³/mol. The van der Waals surface area contributed by atoms with Gasteiger partial charge in [-0.05, 0) is 12.5 Å². The van der Waals surface area contributed by atoms with E-state index in [2.05, 4.69) is 5.32 Å². The lowest BCUT2D eigenvalue weighted by atomic mass is 9.56.